The van der Waals surface area contributed by atoms with E-state index in [2.05, 4.69) is 38.1 Å². The van der Waals surface area contributed by atoms with Crippen LogP contribution in [0.15, 0.2) is 89.5 Å². The molecule has 0 saturated carbocycles. The Morgan fingerprint density at radius 2 is 1.67 bits per heavy atom. The zero-order chi connectivity index (χ0) is 22.8. The number of aryl methyl sites for hydroxylation is 2. The minimum atomic E-state index is -0.0916. The summed E-state index contributed by atoms with van der Waals surface area (Å²) in [5.41, 5.74) is 6.33. The Morgan fingerprint density at radius 3 is 2.39 bits per heavy atom. The number of furan rings is 1. The zero-order valence-electron chi connectivity index (χ0n) is 18.6. The van der Waals surface area contributed by atoms with Crippen LogP contribution in [0.5, 0.6) is 0 Å². The third kappa shape index (κ3) is 4.45. The molecule has 0 unspecified atom stereocenters. The van der Waals surface area contributed by atoms with Crippen molar-refractivity contribution < 1.29 is 9.21 Å². The van der Waals surface area contributed by atoms with Crippen molar-refractivity contribution in [3.8, 4) is 0 Å². The quantitative estimate of drug-likeness (QED) is 0.280. The van der Waals surface area contributed by atoms with Crippen LogP contribution in [0.4, 0.5) is 5.13 Å². The number of thiazole rings is 1. The second kappa shape index (κ2) is 9.04. The van der Waals surface area contributed by atoms with E-state index in [1.807, 2.05) is 54.6 Å². The molecule has 0 atom stereocenters. The van der Waals surface area contributed by atoms with E-state index in [0.29, 0.717) is 17.2 Å². The molecule has 4 nitrogen and oxygen atoms in total. The molecule has 0 aliphatic carbocycles. The van der Waals surface area contributed by atoms with Crippen LogP contribution in [0.1, 0.15) is 38.4 Å². The summed E-state index contributed by atoms with van der Waals surface area (Å²) in [7, 11) is 0. The Kier molecular flexibility index (Phi) is 5.80. The standard InChI is InChI=1S/C28H24N2O2S/c1-19-10-15-25-26(20(19)2)29-28(33-25)30(18-24-9-6-16-32-24)27(31)23-13-11-22(12-14-23)17-21-7-4-3-5-8-21/h3-16H,17-18H2,1-2H3. The van der Waals surface area contributed by atoms with Gasteiger partial charge in [0.15, 0.2) is 5.13 Å². The highest BCUT2D eigenvalue weighted by Crippen LogP contribution is 2.33. The number of amides is 1. The van der Waals surface area contributed by atoms with E-state index in [4.69, 9.17) is 9.40 Å². The lowest BCUT2D eigenvalue weighted by Gasteiger charge is -2.19. The molecular formula is C28H24N2O2S. The Morgan fingerprint density at radius 1 is 0.909 bits per heavy atom. The molecule has 0 aliphatic rings. The Hall–Kier alpha value is -3.70. The third-order valence-corrected chi connectivity index (χ3v) is 6.94. The molecule has 3 aromatic carbocycles. The predicted octanol–water partition coefficient (Wildman–Crippen LogP) is 6.94. The molecule has 1 amide bonds. The second-order valence-electron chi connectivity index (χ2n) is 8.18. The largest absolute Gasteiger partial charge is 0.467 e. The highest BCUT2D eigenvalue weighted by atomic mass is 32.1. The van der Waals surface area contributed by atoms with Gasteiger partial charge in [-0.1, -0.05) is 59.9 Å². The number of hydrogen-bond donors (Lipinski definition) is 0. The number of aromatic nitrogens is 1. The molecule has 0 aliphatic heterocycles. The van der Waals surface area contributed by atoms with Crippen LogP contribution in [0.25, 0.3) is 10.2 Å². The summed E-state index contributed by atoms with van der Waals surface area (Å²) in [5.74, 6) is 0.627. The van der Waals surface area contributed by atoms with Crippen molar-refractivity contribution >= 4 is 32.6 Å². The van der Waals surface area contributed by atoms with Crippen LogP contribution >= 0.6 is 11.3 Å². The summed E-state index contributed by atoms with van der Waals surface area (Å²) < 4.78 is 6.63. The first-order valence-electron chi connectivity index (χ1n) is 10.9. The summed E-state index contributed by atoms with van der Waals surface area (Å²) in [5, 5.41) is 0.675. The van der Waals surface area contributed by atoms with Crippen LogP contribution in [-0.4, -0.2) is 10.9 Å². The number of rotatable bonds is 6. The Bertz CT molecular complexity index is 1390. The van der Waals surface area contributed by atoms with E-state index in [-0.39, 0.29) is 5.91 Å². The first kappa shape index (κ1) is 21.2. The molecule has 5 heteroatoms. The summed E-state index contributed by atoms with van der Waals surface area (Å²) in [4.78, 5) is 20.2. The number of fused-ring (bicyclic) bond motifs is 1. The number of anilines is 1. The predicted molar refractivity (Wildman–Crippen MR) is 134 cm³/mol. The van der Waals surface area contributed by atoms with Crippen LogP contribution in [-0.2, 0) is 13.0 Å². The summed E-state index contributed by atoms with van der Waals surface area (Å²) in [6.07, 6.45) is 2.46. The number of benzene rings is 3. The van der Waals surface area contributed by atoms with Gasteiger partial charge in [0.2, 0.25) is 0 Å². The molecule has 164 valence electrons. The number of carbonyl (C=O) groups is 1. The molecular weight excluding hydrogens is 428 g/mol. The van der Waals surface area contributed by atoms with Crippen molar-refractivity contribution in [2.45, 2.75) is 26.8 Å². The van der Waals surface area contributed by atoms with E-state index < -0.39 is 0 Å². The number of carbonyl (C=O) groups excluding carboxylic acids is 1. The van der Waals surface area contributed by atoms with Crippen molar-refractivity contribution in [3.63, 3.8) is 0 Å². The van der Waals surface area contributed by atoms with Crippen molar-refractivity contribution in [2.24, 2.45) is 0 Å². The van der Waals surface area contributed by atoms with E-state index in [1.54, 1.807) is 11.2 Å². The van der Waals surface area contributed by atoms with E-state index in [9.17, 15) is 4.79 Å². The van der Waals surface area contributed by atoms with Gasteiger partial charge in [0.1, 0.15) is 5.76 Å². The van der Waals surface area contributed by atoms with Gasteiger partial charge in [0.05, 0.1) is 23.0 Å². The number of nitrogens with zero attached hydrogens (tertiary/aromatic N) is 2. The van der Waals surface area contributed by atoms with Crippen molar-refractivity contribution in [3.05, 3.63) is 119 Å². The van der Waals surface area contributed by atoms with Gasteiger partial charge in [0, 0.05) is 5.56 Å². The average Bonchev–Trinajstić information content (AvgIpc) is 3.51. The second-order valence-corrected chi connectivity index (χ2v) is 9.19. The Balaban J connectivity index is 1.46. The minimum absolute atomic E-state index is 0.0916. The van der Waals surface area contributed by atoms with Gasteiger partial charge in [-0.25, -0.2) is 4.98 Å². The van der Waals surface area contributed by atoms with Gasteiger partial charge in [-0.3, -0.25) is 9.69 Å². The van der Waals surface area contributed by atoms with E-state index in [0.717, 1.165) is 28.0 Å². The molecule has 33 heavy (non-hydrogen) atoms. The Labute approximate surface area is 197 Å². The topological polar surface area (TPSA) is 46.3 Å². The van der Waals surface area contributed by atoms with E-state index in [1.165, 1.54) is 28.0 Å². The van der Waals surface area contributed by atoms with Crippen LogP contribution in [0, 0.1) is 13.8 Å². The van der Waals surface area contributed by atoms with Gasteiger partial charge in [-0.05, 0) is 72.9 Å². The average molecular weight is 453 g/mol. The molecule has 5 rings (SSSR count). The van der Waals surface area contributed by atoms with E-state index >= 15 is 0 Å². The first-order chi connectivity index (χ1) is 16.1. The molecule has 0 saturated heterocycles. The maximum Gasteiger partial charge on any atom is 0.260 e. The van der Waals surface area contributed by atoms with Gasteiger partial charge < -0.3 is 4.42 Å². The molecule has 0 radical (unpaired) electrons. The van der Waals surface area contributed by atoms with Crippen molar-refractivity contribution in [1.29, 1.82) is 0 Å². The molecule has 2 heterocycles. The smallest absolute Gasteiger partial charge is 0.260 e. The first-order valence-corrected chi connectivity index (χ1v) is 11.7. The lowest BCUT2D eigenvalue weighted by Crippen LogP contribution is -2.30. The molecule has 5 aromatic rings. The van der Waals surface area contributed by atoms with Gasteiger partial charge >= 0.3 is 0 Å². The summed E-state index contributed by atoms with van der Waals surface area (Å²) in [6, 6.07) is 26.1. The maximum atomic E-state index is 13.6. The lowest BCUT2D eigenvalue weighted by atomic mass is 10.0. The van der Waals surface area contributed by atoms with Gasteiger partial charge in [0.25, 0.3) is 5.91 Å². The van der Waals surface area contributed by atoms with Crippen molar-refractivity contribution in [2.75, 3.05) is 4.90 Å². The minimum Gasteiger partial charge on any atom is -0.467 e. The fraction of sp³-hybridized carbons (Fsp3) is 0.143. The van der Waals surface area contributed by atoms with Crippen LogP contribution < -0.4 is 4.90 Å². The molecule has 0 fully saturated rings. The fourth-order valence-corrected chi connectivity index (χ4v) is 4.89. The molecule has 0 N–H and O–H groups in total. The summed E-state index contributed by atoms with van der Waals surface area (Å²) >= 11 is 1.53. The normalized spacial score (nSPS) is 11.1. The fourth-order valence-electron chi connectivity index (χ4n) is 3.87. The zero-order valence-corrected chi connectivity index (χ0v) is 19.4. The van der Waals surface area contributed by atoms with Gasteiger partial charge in [-0.2, -0.15) is 0 Å². The molecule has 0 spiro atoms. The molecule has 0 bridgehead atoms. The SMILES string of the molecule is Cc1ccc2sc(N(Cc3ccco3)C(=O)c3ccc(Cc4ccccc4)cc3)nc2c1C. The van der Waals surface area contributed by atoms with Crippen LogP contribution in [0.2, 0.25) is 0 Å². The van der Waals surface area contributed by atoms with Crippen LogP contribution in [0.3, 0.4) is 0 Å². The number of hydrogen-bond acceptors (Lipinski definition) is 4. The monoisotopic (exact) mass is 452 g/mol. The summed E-state index contributed by atoms with van der Waals surface area (Å²) in [6.45, 7) is 4.48. The molecule has 2 aromatic heterocycles. The highest BCUT2D eigenvalue weighted by Gasteiger charge is 2.23. The lowest BCUT2D eigenvalue weighted by molar-refractivity contribution is 0.0983. The third-order valence-electron chi connectivity index (χ3n) is 5.90. The maximum absolute atomic E-state index is 13.6. The highest BCUT2D eigenvalue weighted by molar-refractivity contribution is 7.22. The van der Waals surface area contributed by atoms with Gasteiger partial charge in [-0.15, -0.1) is 0 Å². The van der Waals surface area contributed by atoms with Crippen molar-refractivity contribution in [1.82, 2.24) is 4.98 Å².